The van der Waals surface area contributed by atoms with Crippen molar-refractivity contribution >= 4 is 33.4 Å². The molecule has 0 saturated carbocycles. The molecule has 3 atom stereocenters. The molecule has 2 N–H and O–H groups in total. The number of nitrogens with zero attached hydrogens (tertiary/aromatic N) is 1. The van der Waals surface area contributed by atoms with Crippen molar-refractivity contribution in [2.75, 3.05) is 0 Å². The maximum absolute atomic E-state index is 6.20. The number of alkyl halides is 1. The summed E-state index contributed by atoms with van der Waals surface area (Å²) in [7, 11) is 0. The van der Waals surface area contributed by atoms with Gasteiger partial charge >= 0.3 is 0 Å². The molecule has 26 heavy (non-hydrogen) atoms. The van der Waals surface area contributed by atoms with Gasteiger partial charge in [0.1, 0.15) is 0 Å². The summed E-state index contributed by atoms with van der Waals surface area (Å²) in [5, 5.41) is 9.02. The van der Waals surface area contributed by atoms with Gasteiger partial charge in [-0.2, -0.15) is 0 Å². The number of halogens is 1. The summed E-state index contributed by atoms with van der Waals surface area (Å²) in [6, 6.07) is 15.9. The molecule has 130 valence electrons. The Bertz CT molecular complexity index is 1060. The normalized spacial score (nSPS) is 25.0. The number of hydrogen-bond acceptors (Lipinski definition) is 2. The third kappa shape index (κ3) is 2.56. The first kappa shape index (κ1) is 15.7. The van der Waals surface area contributed by atoms with Gasteiger partial charge in [-0.15, -0.1) is 0 Å². The fourth-order valence-corrected chi connectivity index (χ4v) is 4.24. The Morgan fingerprint density at radius 3 is 2.69 bits per heavy atom. The molecule has 0 spiro atoms. The first-order chi connectivity index (χ1) is 12.8. The van der Waals surface area contributed by atoms with Crippen LogP contribution in [0.4, 0.5) is 0 Å². The van der Waals surface area contributed by atoms with Gasteiger partial charge in [0.05, 0.1) is 17.6 Å². The average Bonchev–Trinajstić information content (AvgIpc) is 3.02. The SMILES string of the molecule is ClC1NC=CC(c2ccc3c4ccccc4n(C4C=CC=CC4)c3c2)N1. The topological polar surface area (TPSA) is 29.0 Å². The van der Waals surface area contributed by atoms with E-state index in [1.807, 2.05) is 6.20 Å². The molecule has 5 rings (SSSR count). The highest BCUT2D eigenvalue weighted by molar-refractivity contribution is 6.20. The number of fused-ring (bicyclic) bond motifs is 3. The molecule has 3 unspecified atom stereocenters. The van der Waals surface area contributed by atoms with Crippen LogP contribution < -0.4 is 10.6 Å². The van der Waals surface area contributed by atoms with Crippen LogP contribution in [0.25, 0.3) is 21.8 Å². The zero-order valence-electron chi connectivity index (χ0n) is 14.3. The number of allylic oxidation sites excluding steroid dienone is 4. The van der Waals surface area contributed by atoms with E-state index in [2.05, 4.69) is 88.0 Å². The van der Waals surface area contributed by atoms with Crippen LogP contribution in [0, 0.1) is 0 Å². The molecule has 1 aliphatic carbocycles. The second kappa shape index (κ2) is 6.35. The Morgan fingerprint density at radius 2 is 1.85 bits per heavy atom. The Hall–Kier alpha value is -2.49. The van der Waals surface area contributed by atoms with Crippen LogP contribution in [0.1, 0.15) is 24.1 Å². The van der Waals surface area contributed by atoms with Crippen molar-refractivity contribution in [1.29, 1.82) is 0 Å². The number of para-hydroxylation sites is 1. The molecule has 3 nitrogen and oxygen atoms in total. The molecule has 4 heteroatoms. The predicted molar refractivity (Wildman–Crippen MR) is 109 cm³/mol. The highest BCUT2D eigenvalue weighted by Gasteiger charge is 2.20. The molecule has 2 aliphatic rings. The summed E-state index contributed by atoms with van der Waals surface area (Å²) in [6.45, 7) is 0. The molecule has 1 aromatic heterocycles. The predicted octanol–water partition coefficient (Wildman–Crippen LogP) is 5.12. The van der Waals surface area contributed by atoms with Gasteiger partial charge in [-0.1, -0.05) is 66.2 Å². The van der Waals surface area contributed by atoms with E-state index in [4.69, 9.17) is 11.6 Å². The lowest BCUT2D eigenvalue weighted by Gasteiger charge is -2.25. The summed E-state index contributed by atoms with van der Waals surface area (Å²) >= 11 is 6.20. The second-order valence-corrected chi connectivity index (χ2v) is 7.25. The molecule has 0 bridgehead atoms. The van der Waals surface area contributed by atoms with Crippen molar-refractivity contribution in [2.45, 2.75) is 24.1 Å². The first-order valence-corrected chi connectivity index (χ1v) is 9.44. The Balaban J connectivity index is 1.72. The van der Waals surface area contributed by atoms with Crippen molar-refractivity contribution in [2.24, 2.45) is 0 Å². The largest absolute Gasteiger partial charge is 0.364 e. The smallest absolute Gasteiger partial charge is 0.155 e. The van der Waals surface area contributed by atoms with Gasteiger partial charge in [-0.05, 0) is 36.4 Å². The van der Waals surface area contributed by atoms with Crippen molar-refractivity contribution in [1.82, 2.24) is 15.2 Å². The van der Waals surface area contributed by atoms with E-state index in [0.29, 0.717) is 6.04 Å². The van der Waals surface area contributed by atoms with Crippen LogP contribution in [0.2, 0.25) is 0 Å². The van der Waals surface area contributed by atoms with Crippen LogP contribution in [-0.4, -0.2) is 10.2 Å². The average molecular weight is 362 g/mol. The Morgan fingerprint density at radius 1 is 0.962 bits per heavy atom. The summed E-state index contributed by atoms with van der Waals surface area (Å²) in [5.41, 5.74) is 3.53. The van der Waals surface area contributed by atoms with Gasteiger partial charge in [0.2, 0.25) is 0 Å². The third-order valence-corrected chi connectivity index (χ3v) is 5.49. The maximum atomic E-state index is 6.20. The monoisotopic (exact) mass is 361 g/mol. The lowest BCUT2D eigenvalue weighted by atomic mass is 10.0. The fourth-order valence-electron chi connectivity index (χ4n) is 4.03. The molecule has 3 aromatic rings. The van der Waals surface area contributed by atoms with Crippen LogP contribution >= 0.6 is 11.6 Å². The van der Waals surface area contributed by atoms with E-state index >= 15 is 0 Å². The quantitative estimate of drug-likeness (QED) is 0.490. The van der Waals surface area contributed by atoms with Crippen LogP contribution in [-0.2, 0) is 0 Å². The van der Waals surface area contributed by atoms with Crippen LogP contribution in [0.3, 0.4) is 0 Å². The molecule has 2 aromatic carbocycles. The van der Waals surface area contributed by atoms with Crippen molar-refractivity contribution < 1.29 is 0 Å². The molecular weight excluding hydrogens is 342 g/mol. The van der Waals surface area contributed by atoms with Gasteiger partial charge < -0.3 is 9.88 Å². The lowest BCUT2D eigenvalue weighted by molar-refractivity contribution is 0.521. The van der Waals surface area contributed by atoms with E-state index in [9.17, 15) is 0 Å². The van der Waals surface area contributed by atoms with E-state index in [1.165, 1.54) is 27.4 Å². The summed E-state index contributed by atoms with van der Waals surface area (Å²) < 4.78 is 2.47. The summed E-state index contributed by atoms with van der Waals surface area (Å²) in [4.78, 5) is 0. The Kier molecular flexibility index (Phi) is 3.84. The van der Waals surface area contributed by atoms with E-state index in [1.54, 1.807) is 0 Å². The minimum absolute atomic E-state index is 0.108. The summed E-state index contributed by atoms with van der Waals surface area (Å²) in [5.74, 6) is 0. The number of nitrogens with one attached hydrogen (secondary N) is 2. The van der Waals surface area contributed by atoms with Gasteiger partial charge in [0.15, 0.2) is 5.62 Å². The van der Waals surface area contributed by atoms with Crippen molar-refractivity contribution in [3.63, 3.8) is 0 Å². The number of benzene rings is 2. The lowest BCUT2D eigenvalue weighted by Crippen LogP contribution is -2.40. The zero-order valence-corrected chi connectivity index (χ0v) is 15.0. The molecule has 0 amide bonds. The number of hydrogen-bond donors (Lipinski definition) is 2. The molecule has 0 saturated heterocycles. The number of rotatable bonds is 2. The highest BCUT2D eigenvalue weighted by atomic mass is 35.5. The molecule has 0 radical (unpaired) electrons. The van der Waals surface area contributed by atoms with Gasteiger partial charge in [0, 0.05) is 16.3 Å². The van der Waals surface area contributed by atoms with E-state index in [-0.39, 0.29) is 11.7 Å². The molecular formula is C22H20ClN3. The molecule has 0 fully saturated rings. The molecule has 2 heterocycles. The number of aromatic nitrogens is 1. The van der Waals surface area contributed by atoms with Crippen LogP contribution in [0.15, 0.2) is 79.0 Å². The first-order valence-electron chi connectivity index (χ1n) is 9.00. The zero-order chi connectivity index (χ0) is 17.5. The standard InChI is InChI=1S/C22H20ClN3/c23-22-24-13-12-19(25-22)15-10-11-18-17-8-4-5-9-20(17)26(21(18)14-15)16-6-2-1-3-7-16/h1-6,8-14,16,19,22,24-25H,7H2. The van der Waals surface area contributed by atoms with Crippen LogP contribution in [0.5, 0.6) is 0 Å². The van der Waals surface area contributed by atoms with Gasteiger partial charge in [0.25, 0.3) is 0 Å². The van der Waals surface area contributed by atoms with E-state index in [0.717, 1.165) is 6.42 Å². The minimum Gasteiger partial charge on any atom is -0.364 e. The van der Waals surface area contributed by atoms with E-state index < -0.39 is 0 Å². The van der Waals surface area contributed by atoms with Gasteiger partial charge in [-0.25, -0.2) is 0 Å². The second-order valence-electron chi connectivity index (χ2n) is 6.81. The fraction of sp³-hybridized carbons (Fsp3) is 0.182. The molecule has 1 aliphatic heterocycles. The van der Waals surface area contributed by atoms with Crippen molar-refractivity contribution in [3.8, 4) is 0 Å². The maximum Gasteiger partial charge on any atom is 0.155 e. The Labute approximate surface area is 157 Å². The summed E-state index contributed by atoms with van der Waals surface area (Å²) in [6.07, 6.45) is 13.8. The minimum atomic E-state index is -0.252. The highest BCUT2D eigenvalue weighted by Crippen LogP contribution is 2.36. The van der Waals surface area contributed by atoms with Crippen molar-refractivity contribution in [3.05, 3.63) is 84.6 Å². The third-order valence-electron chi connectivity index (χ3n) is 5.24. The van der Waals surface area contributed by atoms with Gasteiger partial charge in [-0.3, -0.25) is 5.32 Å².